The monoisotopic (exact) mass is 571 g/mol. The van der Waals surface area contributed by atoms with E-state index in [0.717, 1.165) is 10.5 Å². The number of likely N-dealkylation sites (N-methyl/N-ethyl adjacent to an activating group) is 1. The van der Waals surface area contributed by atoms with Crippen molar-refractivity contribution in [1.29, 1.82) is 0 Å². The summed E-state index contributed by atoms with van der Waals surface area (Å²) in [7, 11) is -2.87. The zero-order valence-corrected chi connectivity index (χ0v) is 23.8. The zero-order chi connectivity index (χ0) is 29.1. The van der Waals surface area contributed by atoms with Gasteiger partial charge in [0.05, 0.1) is 31.4 Å². The summed E-state index contributed by atoms with van der Waals surface area (Å²) < 4.78 is 32.4. The van der Waals surface area contributed by atoms with Gasteiger partial charge in [-0.25, -0.2) is 8.42 Å². The Balaban J connectivity index is 1.76. The van der Waals surface area contributed by atoms with E-state index in [0.29, 0.717) is 38.3 Å². The molecule has 2 aromatic carbocycles. The SMILES string of the molecule is CC[C@@H](C(=O)C(=O)NCCc1ccccc1)N(C)C(=O)C(CC(=O)N1CCOCC1)S(=O)(=O)Cc1ccccc1. The van der Waals surface area contributed by atoms with Crippen LogP contribution in [0.4, 0.5) is 0 Å². The van der Waals surface area contributed by atoms with Crippen LogP contribution in [0.15, 0.2) is 60.7 Å². The van der Waals surface area contributed by atoms with Gasteiger partial charge in [0.15, 0.2) is 9.84 Å². The van der Waals surface area contributed by atoms with Gasteiger partial charge >= 0.3 is 0 Å². The Bertz CT molecular complexity index is 1260. The first-order valence-corrected chi connectivity index (χ1v) is 15.1. The number of amides is 3. The van der Waals surface area contributed by atoms with Crippen LogP contribution in [0.5, 0.6) is 0 Å². The average Bonchev–Trinajstić information content (AvgIpc) is 2.96. The fraction of sp³-hybridized carbons (Fsp3) is 0.448. The molecule has 1 aliphatic heterocycles. The lowest BCUT2D eigenvalue weighted by Gasteiger charge is -2.31. The molecule has 0 aliphatic carbocycles. The Morgan fingerprint density at radius 1 is 0.950 bits per heavy atom. The molecular formula is C29H37N3O7S. The third kappa shape index (κ3) is 8.46. The van der Waals surface area contributed by atoms with Gasteiger partial charge in [0, 0.05) is 26.7 Å². The molecule has 2 aromatic rings. The standard InChI is InChI=1S/C29H37N3O7S/c1-3-24(27(34)28(35)30-15-14-22-10-6-4-7-11-22)31(2)29(36)25(20-26(33)32-16-18-39-19-17-32)40(37,38)21-23-12-8-5-9-13-23/h4-13,24-25H,3,14-21H2,1-2H3,(H,30,35)/t24-,25?/m0/s1. The summed E-state index contributed by atoms with van der Waals surface area (Å²) >= 11 is 0. The highest BCUT2D eigenvalue weighted by Crippen LogP contribution is 2.20. The molecule has 216 valence electrons. The van der Waals surface area contributed by atoms with Gasteiger partial charge in [-0.2, -0.15) is 0 Å². The molecule has 10 nitrogen and oxygen atoms in total. The second-order valence-electron chi connectivity index (χ2n) is 9.71. The molecule has 0 radical (unpaired) electrons. The lowest BCUT2D eigenvalue weighted by molar-refractivity contribution is -0.145. The molecular weight excluding hydrogens is 534 g/mol. The number of nitrogens with zero attached hydrogens (tertiary/aromatic N) is 2. The second-order valence-corrected chi connectivity index (χ2v) is 11.9. The van der Waals surface area contributed by atoms with Crippen LogP contribution in [-0.4, -0.2) is 92.9 Å². The molecule has 0 saturated carbocycles. The van der Waals surface area contributed by atoms with E-state index in [-0.39, 0.29) is 13.0 Å². The molecule has 3 amide bonds. The lowest BCUT2D eigenvalue weighted by atomic mass is 10.1. The van der Waals surface area contributed by atoms with Crippen molar-refractivity contribution in [3.63, 3.8) is 0 Å². The second kappa shape index (κ2) is 14.7. The van der Waals surface area contributed by atoms with Crippen LogP contribution in [0.2, 0.25) is 0 Å². The number of nitrogens with one attached hydrogen (secondary N) is 1. The summed E-state index contributed by atoms with van der Waals surface area (Å²) in [6.45, 7) is 3.11. The quantitative estimate of drug-likeness (QED) is 0.360. The number of sulfone groups is 1. The van der Waals surface area contributed by atoms with E-state index in [2.05, 4.69) is 5.32 Å². The largest absolute Gasteiger partial charge is 0.378 e. The van der Waals surface area contributed by atoms with Crippen LogP contribution in [0, 0.1) is 0 Å². The Morgan fingerprint density at radius 2 is 1.52 bits per heavy atom. The van der Waals surface area contributed by atoms with Gasteiger partial charge < -0.3 is 19.9 Å². The topological polar surface area (TPSA) is 130 Å². The summed E-state index contributed by atoms with van der Waals surface area (Å²) in [6.07, 6.45) is 0.0527. The lowest BCUT2D eigenvalue weighted by Crippen LogP contribution is -2.53. The minimum Gasteiger partial charge on any atom is -0.378 e. The maximum absolute atomic E-state index is 13.7. The van der Waals surface area contributed by atoms with Crippen molar-refractivity contribution >= 4 is 33.3 Å². The van der Waals surface area contributed by atoms with Crippen LogP contribution in [0.3, 0.4) is 0 Å². The van der Waals surface area contributed by atoms with E-state index < -0.39 is 56.8 Å². The van der Waals surface area contributed by atoms with Gasteiger partial charge in [-0.05, 0) is 24.0 Å². The van der Waals surface area contributed by atoms with E-state index in [1.807, 2.05) is 30.3 Å². The predicted molar refractivity (Wildman–Crippen MR) is 150 cm³/mol. The van der Waals surface area contributed by atoms with Crippen LogP contribution >= 0.6 is 0 Å². The fourth-order valence-corrected chi connectivity index (χ4v) is 6.32. The van der Waals surface area contributed by atoms with E-state index in [1.165, 1.54) is 11.9 Å². The fourth-order valence-electron chi connectivity index (χ4n) is 4.59. The van der Waals surface area contributed by atoms with Crippen molar-refractivity contribution in [1.82, 2.24) is 15.1 Å². The van der Waals surface area contributed by atoms with E-state index in [1.54, 1.807) is 37.3 Å². The molecule has 11 heteroatoms. The Kier molecular flexibility index (Phi) is 11.4. The van der Waals surface area contributed by atoms with Crippen LogP contribution in [-0.2, 0) is 45.9 Å². The maximum Gasteiger partial charge on any atom is 0.289 e. The Labute approximate surface area is 235 Å². The normalized spacial score (nSPS) is 15.1. The number of rotatable bonds is 13. The summed E-state index contributed by atoms with van der Waals surface area (Å²) in [4.78, 5) is 54.9. The molecule has 1 saturated heterocycles. The predicted octanol–water partition coefficient (Wildman–Crippen LogP) is 1.38. The van der Waals surface area contributed by atoms with E-state index in [9.17, 15) is 27.6 Å². The number of carbonyl (C=O) groups is 4. The number of morpholine rings is 1. The summed E-state index contributed by atoms with van der Waals surface area (Å²) in [5, 5.41) is 0.878. The smallest absolute Gasteiger partial charge is 0.289 e. The van der Waals surface area contributed by atoms with Gasteiger partial charge in [0.1, 0.15) is 5.25 Å². The number of Topliss-reactive ketones (excluding diaryl/α,β-unsaturated/α-hetero) is 1. The maximum atomic E-state index is 13.7. The van der Waals surface area contributed by atoms with Crippen LogP contribution in [0.1, 0.15) is 30.9 Å². The van der Waals surface area contributed by atoms with Crippen molar-refractivity contribution in [3.05, 3.63) is 71.8 Å². The highest BCUT2D eigenvalue weighted by Gasteiger charge is 2.41. The van der Waals surface area contributed by atoms with Crippen molar-refractivity contribution in [2.45, 2.75) is 43.2 Å². The van der Waals surface area contributed by atoms with Gasteiger partial charge in [-0.3, -0.25) is 19.2 Å². The number of carbonyl (C=O) groups excluding carboxylic acids is 4. The number of ketones is 1. The first-order chi connectivity index (χ1) is 19.1. The van der Waals surface area contributed by atoms with E-state index >= 15 is 0 Å². The minimum atomic E-state index is -4.17. The van der Waals surface area contributed by atoms with Gasteiger partial charge in [0.25, 0.3) is 5.91 Å². The summed E-state index contributed by atoms with van der Waals surface area (Å²) in [6, 6.07) is 16.6. The molecule has 3 rings (SSSR count). The third-order valence-electron chi connectivity index (χ3n) is 6.91. The van der Waals surface area contributed by atoms with E-state index in [4.69, 9.17) is 4.74 Å². The van der Waals surface area contributed by atoms with Crippen molar-refractivity contribution < 1.29 is 32.3 Å². The third-order valence-corrected chi connectivity index (χ3v) is 8.88. The van der Waals surface area contributed by atoms with Crippen LogP contribution in [0.25, 0.3) is 0 Å². The highest BCUT2D eigenvalue weighted by atomic mass is 32.2. The van der Waals surface area contributed by atoms with Gasteiger partial charge in [-0.1, -0.05) is 67.6 Å². The molecule has 1 aliphatic rings. The van der Waals surface area contributed by atoms with Crippen molar-refractivity contribution in [2.24, 2.45) is 0 Å². The Morgan fingerprint density at radius 3 is 2.10 bits per heavy atom. The van der Waals surface area contributed by atoms with Crippen molar-refractivity contribution in [3.8, 4) is 0 Å². The summed E-state index contributed by atoms with van der Waals surface area (Å²) in [5.74, 6) is -3.51. The number of ether oxygens (including phenoxy) is 1. The number of benzene rings is 2. The average molecular weight is 572 g/mol. The van der Waals surface area contributed by atoms with Crippen LogP contribution < -0.4 is 5.32 Å². The number of hydrogen-bond acceptors (Lipinski definition) is 7. The molecule has 1 N–H and O–H groups in total. The summed E-state index contributed by atoms with van der Waals surface area (Å²) in [5.41, 5.74) is 1.47. The molecule has 0 bridgehead atoms. The van der Waals surface area contributed by atoms with Crippen molar-refractivity contribution in [2.75, 3.05) is 39.9 Å². The molecule has 0 aromatic heterocycles. The molecule has 1 fully saturated rings. The zero-order valence-electron chi connectivity index (χ0n) is 23.0. The first-order valence-electron chi connectivity index (χ1n) is 13.4. The molecule has 2 atom stereocenters. The Hall–Kier alpha value is -3.57. The molecule has 1 heterocycles. The molecule has 40 heavy (non-hydrogen) atoms. The first kappa shape index (κ1) is 31.0. The van der Waals surface area contributed by atoms with Gasteiger partial charge in [0.2, 0.25) is 17.6 Å². The minimum absolute atomic E-state index is 0.0933. The highest BCUT2D eigenvalue weighted by molar-refractivity contribution is 7.92. The number of hydrogen-bond donors (Lipinski definition) is 1. The molecule has 1 unspecified atom stereocenters. The van der Waals surface area contributed by atoms with Gasteiger partial charge in [-0.15, -0.1) is 0 Å². The molecule has 0 spiro atoms.